The summed E-state index contributed by atoms with van der Waals surface area (Å²) in [4.78, 5) is 12.7. The Morgan fingerprint density at radius 2 is 1.88 bits per heavy atom. The third-order valence-corrected chi connectivity index (χ3v) is 6.04. The molecule has 32 heavy (non-hydrogen) atoms. The molecule has 0 bridgehead atoms. The number of aryl methyl sites for hydroxylation is 1. The number of nitrogens with zero attached hydrogens (tertiary/aromatic N) is 1. The van der Waals surface area contributed by atoms with Gasteiger partial charge in [0.1, 0.15) is 0 Å². The molecule has 0 spiro atoms. The molecule has 0 saturated heterocycles. The Kier molecular flexibility index (Phi) is 8.15. The van der Waals surface area contributed by atoms with E-state index in [2.05, 4.69) is 42.7 Å². The second-order valence-corrected chi connectivity index (χ2v) is 10.7. The molecule has 0 aliphatic carbocycles. The summed E-state index contributed by atoms with van der Waals surface area (Å²) < 4.78 is 29.0. The first-order valence-corrected chi connectivity index (χ1v) is 13.1. The average Bonchev–Trinajstić information content (AvgIpc) is 3.04. The van der Waals surface area contributed by atoms with Crippen LogP contribution in [-0.4, -0.2) is 31.6 Å². The van der Waals surface area contributed by atoms with Crippen molar-refractivity contribution >= 4 is 38.4 Å². The number of ketones is 1. The first-order valence-electron chi connectivity index (χ1n) is 10.9. The van der Waals surface area contributed by atoms with Gasteiger partial charge in [-0.25, -0.2) is 0 Å². The minimum absolute atomic E-state index is 0.203. The minimum atomic E-state index is -3.39. The molecule has 5 nitrogen and oxygen atoms in total. The highest BCUT2D eigenvalue weighted by atomic mass is 35.5. The molecule has 172 valence electrons. The molecule has 0 N–H and O–H groups in total. The summed E-state index contributed by atoms with van der Waals surface area (Å²) in [5, 5.41) is 1.73. The van der Waals surface area contributed by atoms with Crippen LogP contribution in [0.15, 0.2) is 48.5 Å². The summed E-state index contributed by atoms with van der Waals surface area (Å²) in [6.07, 6.45) is 3.93. The van der Waals surface area contributed by atoms with Crippen molar-refractivity contribution in [1.82, 2.24) is 4.57 Å². The van der Waals surface area contributed by atoms with Crippen molar-refractivity contribution < 1.29 is 17.4 Å². The molecule has 1 aromatic heterocycles. The Balaban J connectivity index is 1.86. The third-order valence-electron chi connectivity index (χ3n) is 5.21. The van der Waals surface area contributed by atoms with Crippen LogP contribution in [0.3, 0.4) is 0 Å². The summed E-state index contributed by atoms with van der Waals surface area (Å²) in [6.45, 7) is 4.63. The number of fused-ring (bicyclic) bond motifs is 1. The maximum absolute atomic E-state index is 12.7. The summed E-state index contributed by atoms with van der Waals surface area (Å²) in [6, 6.07) is 16.1. The van der Waals surface area contributed by atoms with Crippen molar-refractivity contribution in [3.63, 3.8) is 0 Å². The zero-order valence-electron chi connectivity index (χ0n) is 18.8. The number of rotatable bonds is 11. The predicted molar refractivity (Wildman–Crippen MR) is 131 cm³/mol. The van der Waals surface area contributed by atoms with Crippen molar-refractivity contribution in [2.45, 2.75) is 46.1 Å². The van der Waals surface area contributed by atoms with E-state index in [1.54, 1.807) is 0 Å². The van der Waals surface area contributed by atoms with Crippen LogP contribution in [0.25, 0.3) is 22.2 Å². The largest absolute Gasteiger partial charge is 0.333 e. The van der Waals surface area contributed by atoms with E-state index in [0.29, 0.717) is 30.3 Å². The Morgan fingerprint density at radius 3 is 2.56 bits per heavy atom. The number of hydrogen-bond donors (Lipinski definition) is 0. The molecular weight excluding hydrogens is 446 g/mol. The van der Waals surface area contributed by atoms with E-state index < -0.39 is 10.1 Å². The van der Waals surface area contributed by atoms with Gasteiger partial charge in [-0.1, -0.05) is 43.6 Å². The van der Waals surface area contributed by atoms with E-state index in [-0.39, 0.29) is 12.4 Å². The monoisotopic (exact) mass is 475 g/mol. The molecule has 0 atom stereocenters. The first-order chi connectivity index (χ1) is 15.1. The number of benzene rings is 2. The molecule has 0 unspecified atom stereocenters. The van der Waals surface area contributed by atoms with Gasteiger partial charge in [0.05, 0.1) is 19.4 Å². The van der Waals surface area contributed by atoms with Gasteiger partial charge < -0.3 is 4.57 Å². The fourth-order valence-electron chi connectivity index (χ4n) is 3.87. The van der Waals surface area contributed by atoms with Gasteiger partial charge in [-0.2, -0.15) is 8.42 Å². The summed E-state index contributed by atoms with van der Waals surface area (Å²) >= 11 is 6.23. The maximum Gasteiger partial charge on any atom is 0.264 e. The molecule has 0 fully saturated rings. The lowest BCUT2D eigenvalue weighted by molar-refractivity contribution is -0.120. The molecular formula is C25H30ClNO4S. The fourth-order valence-corrected chi connectivity index (χ4v) is 4.48. The van der Waals surface area contributed by atoms with E-state index in [1.165, 1.54) is 5.56 Å². The molecule has 7 heteroatoms. The third kappa shape index (κ3) is 6.92. The standard InChI is InChI=1S/C25H30ClNO4S/c1-18(2)13-23(28)17-27-24-11-10-19(7-4-5-12-31-32(3,29)30)14-21(24)16-25(27)20-8-6-9-22(26)15-20/h6,8-11,14-16,18H,4-5,7,12-13,17H2,1-3H3. The van der Waals surface area contributed by atoms with E-state index in [4.69, 9.17) is 15.8 Å². The smallest absolute Gasteiger partial charge is 0.264 e. The quantitative estimate of drug-likeness (QED) is 0.257. The molecule has 3 rings (SSSR count). The zero-order valence-corrected chi connectivity index (χ0v) is 20.4. The van der Waals surface area contributed by atoms with Crippen molar-refractivity contribution in [2.75, 3.05) is 12.9 Å². The summed E-state index contributed by atoms with van der Waals surface area (Å²) in [7, 11) is -3.39. The van der Waals surface area contributed by atoms with Crippen LogP contribution in [-0.2, 0) is 32.1 Å². The van der Waals surface area contributed by atoms with Gasteiger partial charge >= 0.3 is 0 Å². The lowest BCUT2D eigenvalue weighted by Crippen LogP contribution is -2.13. The maximum atomic E-state index is 12.7. The highest BCUT2D eigenvalue weighted by Crippen LogP contribution is 2.31. The normalized spacial score (nSPS) is 12.0. The van der Waals surface area contributed by atoms with E-state index >= 15 is 0 Å². The lowest BCUT2D eigenvalue weighted by Gasteiger charge is -2.12. The Hall–Kier alpha value is -2.15. The van der Waals surface area contributed by atoms with Gasteiger partial charge in [0.25, 0.3) is 10.1 Å². The summed E-state index contributed by atoms with van der Waals surface area (Å²) in [5.41, 5.74) is 4.13. The number of halogens is 1. The highest BCUT2D eigenvalue weighted by molar-refractivity contribution is 7.85. The van der Waals surface area contributed by atoms with Crippen LogP contribution in [0, 0.1) is 5.92 Å². The van der Waals surface area contributed by atoms with Crippen molar-refractivity contribution in [1.29, 1.82) is 0 Å². The van der Waals surface area contributed by atoms with E-state index in [9.17, 15) is 13.2 Å². The molecule has 0 amide bonds. The van der Waals surface area contributed by atoms with Gasteiger partial charge in [0.2, 0.25) is 0 Å². The SMILES string of the molecule is CC(C)CC(=O)Cn1c(-c2cccc(Cl)c2)cc2cc(CCCCOS(C)(=O)=O)ccc21. The van der Waals surface area contributed by atoms with Crippen molar-refractivity contribution in [2.24, 2.45) is 5.92 Å². The molecule has 0 aliphatic heterocycles. The lowest BCUT2D eigenvalue weighted by atomic mass is 10.1. The minimum Gasteiger partial charge on any atom is -0.333 e. The zero-order chi connectivity index (χ0) is 23.3. The van der Waals surface area contributed by atoms with Crippen LogP contribution in [0.4, 0.5) is 0 Å². The fraction of sp³-hybridized carbons (Fsp3) is 0.400. The number of hydrogen-bond acceptors (Lipinski definition) is 4. The number of carbonyl (C=O) groups excluding carboxylic acids is 1. The Morgan fingerprint density at radius 1 is 1.09 bits per heavy atom. The molecule has 1 heterocycles. The molecule has 2 aromatic carbocycles. The second kappa shape index (κ2) is 10.6. The van der Waals surface area contributed by atoms with Crippen LogP contribution in [0.2, 0.25) is 5.02 Å². The first kappa shape index (κ1) is 24.5. The average molecular weight is 476 g/mol. The highest BCUT2D eigenvalue weighted by Gasteiger charge is 2.15. The topological polar surface area (TPSA) is 65.4 Å². The van der Waals surface area contributed by atoms with Crippen LogP contribution in [0.5, 0.6) is 0 Å². The van der Waals surface area contributed by atoms with Gasteiger partial charge in [-0.3, -0.25) is 8.98 Å². The molecule has 0 radical (unpaired) electrons. The van der Waals surface area contributed by atoms with E-state index in [1.807, 2.05) is 24.3 Å². The Labute approximate surface area is 195 Å². The van der Waals surface area contributed by atoms with Crippen LogP contribution >= 0.6 is 11.6 Å². The van der Waals surface area contributed by atoms with Crippen LogP contribution in [0.1, 0.15) is 38.7 Å². The van der Waals surface area contributed by atoms with Gasteiger partial charge in [-0.05, 0) is 66.6 Å². The van der Waals surface area contributed by atoms with Gasteiger partial charge in [0, 0.05) is 28.0 Å². The number of Topliss-reactive ketones (excluding diaryl/α,β-unsaturated/α-hetero) is 1. The van der Waals surface area contributed by atoms with Gasteiger partial charge in [-0.15, -0.1) is 0 Å². The Bertz CT molecular complexity index is 1200. The van der Waals surface area contributed by atoms with Crippen molar-refractivity contribution in [3.05, 3.63) is 59.1 Å². The second-order valence-electron chi connectivity index (χ2n) is 8.64. The molecule has 0 aliphatic rings. The molecule has 3 aromatic rings. The molecule has 0 saturated carbocycles. The van der Waals surface area contributed by atoms with Crippen LogP contribution < -0.4 is 0 Å². The predicted octanol–water partition coefficient (Wildman–Crippen LogP) is 5.88. The number of carbonyl (C=O) groups is 1. The summed E-state index contributed by atoms with van der Waals surface area (Å²) in [5.74, 6) is 0.521. The van der Waals surface area contributed by atoms with Gasteiger partial charge in [0.15, 0.2) is 5.78 Å². The number of unbranched alkanes of at least 4 members (excludes halogenated alkanes) is 1. The van der Waals surface area contributed by atoms with Crippen molar-refractivity contribution in [3.8, 4) is 11.3 Å². The van der Waals surface area contributed by atoms with E-state index in [0.717, 1.165) is 41.3 Å². The number of aromatic nitrogens is 1.